The Balaban J connectivity index is 1.58. The van der Waals surface area contributed by atoms with Crippen molar-refractivity contribution in [2.75, 3.05) is 0 Å². The lowest BCUT2D eigenvalue weighted by Crippen LogP contribution is -2.09. The van der Waals surface area contributed by atoms with Crippen LogP contribution in [0.25, 0.3) is 17.1 Å². The van der Waals surface area contributed by atoms with Crippen LogP contribution in [-0.4, -0.2) is 25.2 Å². The highest BCUT2D eigenvalue weighted by Gasteiger charge is 2.28. The molecule has 4 heterocycles. The fourth-order valence-electron chi connectivity index (χ4n) is 3.86. The number of imidazole rings is 1. The Morgan fingerprint density at radius 3 is 2.82 bits per heavy atom. The van der Waals surface area contributed by atoms with Gasteiger partial charge in [-0.1, -0.05) is 12.1 Å². The van der Waals surface area contributed by atoms with Crippen LogP contribution < -0.4 is 0 Å². The molecule has 136 valence electrons. The monoisotopic (exact) mass is 367 g/mol. The van der Waals surface area contributed by atoms with Gasteiger partial charge in [-0.05, 0) is 48.6 Å². The summed E-state index contributed by atoms with van der Waals surface area (Å²) >= 11 is 0. The van der Waals surface area contributed by atoms with E-state index >= 15 is 0 Å². The van der Waals surface area contributed by atoms with Crippen LogP contribution in [0, 0.1) is 0 Å². The molecular weight excluding hydrogens is 350 g/mol. The highest BCUT2D eigenvalue weighted by atomic mass is 16.3. The van der Waals surface area contributed by atoms with Crippen molar-refractivity contribution < 1.29 is 4.42 Å². The Labute approximate surface area is 161 Å². The normalized spacial score (nSPS) is 15.5. The Hall–Kier alpha value is -3.54. The van der Waals surface area contributed by atoms with E-state index in [1.54, 1.807) is 6.20 Å². The molecule has 2 aliphatic rings. The molecule has 6 nitrogen and oxygen atoms in total. The lowest BCUT2D eigenvalue weighted by Gasteiger charge is -2.13. The molecule has 3 aromatic heterocycles. The molecular formula is C22H17N5O. The summed E-state index contributed by atoms with van der Waals surface area (Å²) in [6.07, 6.45) is 9.31. The number of nitrogens with zero attached hydrogens (tertiary/aromatic N) is 5. The zero-order valence-electron chi connectivity index (χ0n) is 15.1. The van der Waals surface area contributed by atoms with Crippen LogP contribution in [0.15, 0.2) is 70.9 Å². The van der Waals surface area contributed by atoms with Crippen molar-refractivity contribution in [1.82, 2.24) is 19.5 Å². The minimum Gasteiger partial charge on any atom is -0.442 e. The van der Waals surface area contributed by atoms with Gasteiger partial charge in [-0.2, -0.15) is 0 Å². The number of hydrogen-bond acceptors (Lipinski definition) is 5. The molecule has 1 fully saturated rings. The molecule has 1 aromatic carbocycles. The van der Waals surface area contributed by atoms with Crippen LogP contribution in [0.1, 0.15) is 41.3 Å². The highest BCUT2D eigenvalue weighted by molar-refractivity contribution is 6.14. The van der Waals surface area contributed by atoms with Crippen LogP contribution in [0.2, 0.25) is 0 Å². The number of benzene rings is 1. The number of oxazole rings is 1. The van der Waals surface area contributed by atoms with E-state index in [-0.39, 0.29) is 0 Å². The summed E-state index contributed by atoms with van der Waals surface area (Å²) in [5, 5.41) is 0. The Kier molecular flexibility index (Phi) is 3.32. The number of aromatic nitrogens is 4. The number of fused-ring (bicyclic) bond motifs is 3. The summed E-state index contributed by atoms with van der Waals surface area (Å²) < 4.78 is 7.61. The highest BCUT2D eigenvalue weighted by Crippen LogP contribution is 2.41. The van der Waals surface area contributed by atoms with E-state index in [2.05, 4.69) is 37.7 Å². The molecule has 1 aliphatic carbocycles. The molecule has 28 heavy (non-hydrogen) atoms. The minimum absolute atomic E-state index is 0.495. The lowest BCUT2D eigenvalue weighted by atomic mass is 9.99. The van der Waals surface area contributed by atoms with Crippen molar-refractivity contribution in [3.63, 3.8) is 0 Å². The second kappa shape index (κ2) is 5.99. The van der Waals surface area contributed by atoms with E-state index < -0.39 is 0 Å². The fourth-order valence-corrected chi connectivity index (χ4v) is 3.86. The Bertz CT molecular complexity index is 1190. The molecule has 0 saturated heterocycles. The summed E-state index contributed by atoms with van der Waals surface area (Å²) in [6.45, 7) is 0.495. The molecule has 6 rings (SSSR count). The molecule has 0 spiro atoms. The van der Waals surface area contributed by atoms with Crippen molar-refractivity contribution in [2.45, 2.75) is 25.3 Å². The third-order valence-electron chi connectivity index (χ3n) is 5.41. The SMILES string of the molecule is c1ccc(C2=NCc3c(-c4cnco4)ncn3-c3ccc(C4CC4)cc32)nc1. The predicted molar refractivity (Wildman–Crippen MR) is 105 cm³/mol. The van der Waals surface area contributed by atoms with Crippen LogP contribution in [0.3, 0.4) is 0 Å². The van der Waals surface area contributed by atoms with E-state index in [4.69, 9.17) is 9.41 Å². The number of pyridine rings is 1. The van der Waals surface area contributed by atoms with Gasteiger partial charge in [-0.15, -0.1) is 0 Å². The number of hydrogen-bond donors (Lipinski definition) is 0. The molecule has 0 atom stereocenters. The van der Waals surface area contributed by atoms with E-state index in [1.165, 1.54) is 24.8 Å². The van der Waals surface area contributed by atoms with Crippen molar-refractivity contribution in [1.29, 1.82) is 0 Å². The summed E-state index contributed by atoms with van der Waals surface area (Å²) in [5.74, 6) is 1.33. The largest absolute Gasteiger partial charge is 0.442 e. The molecule has 4 aromatic rings. The number of aliphatic imine (C=N–C) groups is 1. The van der Waals surface area contributed by atoms with Crippen molar-refractivity contribution in [3.05, 3.63) is 84.0 Å². The van der Waals surface area contributed by atoms with Gasteiger partial charge in [0.25, 0.3) is 0 Å². The Morgan fingerprint density at radius 2 is 2.04 bits per heavy atom. The molecule has 0 amide bonds. The van der Waals surface area contributed by atoms with E-state index in [0.717, 1.165) is 34.0 Å². The summed E-state index contributed by atoms with van der Waals surface area (Å²) in [7, 11) is 0. The first kappa shape index (κ1) is 15.5. The molecule has 0 bridgehead atoms. The van der Waals surface area contributed by atoms with Gasteiger partial charge in [-0.25, -0.2) is 9.97 Å². The van der Waals surface area contributed by atoms with Gasteiger partial charge in [0.1, 0.15) is 12.0 Å². The number of rotatable bonds is 3. The quantitative estimate of drug-likeness (QED) is 0.545. The summed E-state index contributed by atoms with van der Waals surface area (Å²) in [6, 6.07) is 12.6. The summed E-state index contributed by atoms with van der Waals surface area (Å²) in [4.78, 5) is 18.2. The third kappa shape index (κ3) is 2.41. The van der Waals surface area contributed by atoms with Crippen LogP contribution in [-0.2, 0) is 6.54 Å². The zero-order chi connectivity index (χ0) is 18.5. The van der Waals surface area contributed by atoms with Crippen molar-refractivity contribution >= 4 is 5.71 Å². The molecule has 0 N–H and O–H groups in total. The van der Waals surface area contributed by atoms with E-state index in [1.807, 2.05) is 30.7 Å². The zero-order valence-corrected chi connectivity index (χ0v) is 15.1. The minimum atomic E-state index is 0.495. The predicted octanol–water partition coefficient (Wildman–Crippen LogP) is 4.15. The Morgan fingerprint density at radius 1 is 1.07 bits per heavy atom. The first-order valence-corrected chi connectivity index (χ1v) is 9.44. The van der Waals surface area contributed by atoms with Gasteiger partial charge >= 0.3 is 0 Å². The van der Waals surface area contributed by atoms with Crippen LogP contribution >= 0.6 is 0 Å². The first-order valence-electron chi connectivity index (χ1n) is 9.44. The third-order valence-corrected chi connectivity index (χ3v) is 5.41. The standard InChI is InChI=1S/C22H17N5O/c1-2-8-24-17(3-1)21-16-9-15(14-4-5-14)6-7-18(16)27-12-26-22(19(27)10-25-21)20-11-23-13-28-20/h1-3,6-9,11-14H,4-5,10H2. The lowest BCUT2D eigenvalue weighted by molar-refractivity contribution is 0.569. The average molecular weight is 367 g/mol. The second-order valence-electron chi connectivity index (χ2n) is 7.21. The molecule has 1 saturated carbocycles. The topological polar surface area (TPSA) is 69.1 Å². The van der Waals surface area contributed by atoms with Gasteiger partial charge in [0.05, 0.1) is 35.5 Å². The second-order valence-corrected chi connectivity index (χ2v) is 7.21. The van der Waals surface area contributed by atoms with Gasteiger partial charge in [-0.3, -0.25) is 14.5 Å². The van der Waals surface area contributed by atoms with E-state index in [0.29, 0.717) is 18.2 Å². The van der Waals surface area contributed by atoms with Crippen LogP contribution in [0.4, 0.5) is 0 Å². The smallest absolute Gasteiger partial charge is 0.181 e. The maximum atomic E-state index is 5.50. The first-order chi connectivity index (χ1) is 13.9. The van der Waals surface area contributed by atoms with Gasteiger partial charge in [0.15, 0.2) is 12.2 Å². The van der Waals surface area contributed by atoms with E-state index in [9.17, 15) is 0 Å². The molecule has 1 aliphatic heterocycles. The van der Waals surface area contributed by atoms with Gasteiger partial charge in [0, 0.05) is 11.8 Å². The fraction of sp³-hybridized carbons (Fsp3) is 0.182. The maximum Gasteiger partial charge on any atom is 0.181 e. The van der Waals surface area contributed by atoms with Crippen molar-refractivity contribution in [2.24, 2.45) is 4.99 Å². The maximum absolute atomic E-state index is 5.50. The molecule has 0 unspecified atom stereocenters. The molecule has 0 radical (unpaired) electrons. The summed E-state index contributed by atoms with van der Waals surface area (Å²) in [5.41, 5.74) is 7.12. The van der Waals surface area contributed by atoms with Gasteiger partial charge in [0.2, 0.25) is 0 Å². The molecule has 6 heteroatoms. The van der Waals surface area contributed by atoms with Crippen molar-refractivity contribution in [3.8, 4) is 17.1 Å². The van der Waals surface area contributed by atoms with Crippen LogP contribution in [0.5, 0.6) is 0 Å². The average Bonchev–Trinajstić information content (AvgIpc) is 3.33. The van der Waals surface area contributed by atoms with Gasteiger partial charge < -0.3 is 4.42 Å².